The first-order valence-corrected chi connectivity index (χ1v) is 8.56. The molecule has 0 spiro atoms. The van der Waals surface area contributed by atoms with Gasteiger partial charge in [-0.15, -0.1) is 0 Å². The quantitative estimate of drug-likeness (QED) is 0.889. The fraction of sp³-hybridized carbons (Fsp3) is 0.500. The number of pyridine rings is 1. The van der Waals surface area contributed by atoms with Gasteiger partial charge in [0.1, 0.15) is 11.1 Å². The topological polar surface area (TPSA) is 76.1 Å². The van der Waals surface area contributed by atoms with Gasteiger partial charge >= 0.3 is 0 Å². The van der Waals surface area contributed by atoms with Crippen LogP contribution in [-0.4, -0.2) is 30.3 Å². The van der Waals surface area contributed by atoms with Crippen molar-refractivity contribution in [2.24, 2.45) is 0 Å². The lowest BCUT2D eigenvalue weighted by Crippen LogP contribution is -2.39. The van der Waals surface area contributed by atoms with E-state index in [2.05, 4.69) is 26.2 Å². The van der Waals surface area contributed by atoms with Crippen molar-refractivity contribution in [3.63, 3.8) is 0 Å². The number of hydrogen-bond donors (Lipinski definition) is 1. The standard InChI is InChI=1S/C12H15BrN2O3S/c1-8-9(13)5-6-11(14-8)15-12(16)10-4-2-3-7-19(10,17)18/h5-6,10H,2-4,7H2,1H3,(H,14,15,16). The van der Waals surface area contributed by atoms with Gasteiger partial charge in [-0.1, -0.05) is 6.42 Å². The Kier molecular flexibility index (Phi) is 4.25. The number of amides is 1. The average Bonchev–Trinajstić information content (AvgIpc) is 2.33. The van der Waals surface area contributed by atoms with Gasteiger partial charge in [0.2, 0.25) is 5.91 Å². The molecule has 7 heteroatoms. The van der Waals surface area contributed by atoms with Crippen LogP contribution in [0.25, 0.3) is 0 Å². The second-order valence-corrected chi connectivity index (χ2v) is 7.76. The van der Waals surface area contributed by atoms with Crippen molar-refractivity contribution in [3.8, 4) is 0 Å². The minimum atomic E-state index is -3.31. The molecule has 1 amide bonds. The van der Waals surface area contributed by atoms with Gasteiger partial charge in [-0.3, -0.25) is 4.79 Å². The van der Waals surface area contributed by atoms with Gasteiger partial charge in [0.25, 0.3) is 0 Å². The zero-order chi connectivity index (χ0) is 14.0. The summed E-state index contributed by atoms with van der Waals surface area (Å²) in [5.41, 5.74) is 0.740. The molecular weight excluding hydrogens is 332 g/mol. The molecule has 0 aliphatic carbocycles. The summed E-state index contributed by atoms with van der Waals surface area (Å²) in [6.07, 6.45) is 1.80. The number of halogens is 1. The van der Waals surface area contributed by atoms with E-state index in [4.69, 9.17) is 0 Å². The van der Waals surface area contributed by atoms with Crippen LogP contribution in [0.15, 0.2) is 16.6 Å². The smallest absolute Gasteiger partial charge is 0.243 e. The van der Waals surface area contributed by atoms with E-state index < -0.39 is 21.0 Å². The van der Waals surface area contributed by atoms with Crippen LogP contribution in [0.1, 0.15) is 25.0 Å². The minimum absolute atomic E-state index is 0.0951. The molecule has 104 valence electrons. The van der Waals surface area contributed by atoms with Crippen molar-refractivity contribution in [3.05, 3.63) is 22.3 Å². The van der Waals surface area contributed by atoms with Crippen LogP contribution in [0.5, 0.6) is 0 Å². The SMILES string of the molecule is Cc1nc(NC(=O)C2CCCCS2(=O)=O)ccc1Br. The second-order valence-electron chi connectivity index (χ2n) is 4.60. The van der Waals surface area contributed by atoms with Crippen molar-refractivity contribution in [2.45, 2.75) is 31.4 Å². The second kappa shape index (κ2) is 5.58. The molecule has 2 heterocycles. The third-order valence-electron chi connectivity index (χ3n) is 3.14. The molecule has 1 saturated heterocycles. The lowest BCUT2D eigenvalue weighted by Gasteiger charge is -2.21. The van der Waals surface area contributed by atoms with E-state index in [0.717, 1.165) is 16.6 Å². The predicted molar refractivity (Wildman–Crippen MR) is 76.7 cm³/mol. The molecule has 5 nitrogen and oxygen atoms in total. The third kappa shape index (κ3) is 3.33. The van der Waals surface area contributed by atoms with Crippen molar-refractivity contribution in [1.29, 1.82) is 0 Å². The maximum atomic E-state index is 12.0. The van der Waals surface area contributed by atoms with Gasteiger partial charge in [0.05, 0.1) is 11.4 Å². The molecule has 1 N–H and O–H groups in total. The molecule has 0 bridgehead atoms. The molecule has 0 saturated carbocycles. The van der Waals surface area contributed by atoms with Crippen LogP contribution in [0.2, 0.25) is 0 Å². The first-order valence-electron chi connectivity index (χ1n) is 6.06. The van der Waals surface area contributed by atoms with E-state index in [0.29, 0.717) is 18.7 Å². The summed E-state index contributed by atoms with van der Waals surface area (Å²) in [7, 11) is -3.31. The average molecular weight is 347 g/mol. The van der Waals surface area contributed by atoms with Gasteiger partial charge in [-0.05, 0) is 47.8 Å². The van der Waals surface area contributed by atoms with Gasteiger partial charge in [-0.2, -0.15) is 0 Å². The number of nitrogens with one attached hydrogen (secondary N) is 1. The van der Waals surface area contributed by atoms with Gasteiger partial charge in [-0.25, -0.2) is 13.4 Å². The summed E-state index contributed by atoms with van der Waals surface area (Å²) in [6.45, 7) is 1.80. The molecule has 1 aromatic heterocycles. The van der Waals surface area contributed by atoms with E-state index in [9.17, 15) is 13.2 Å². The number of rotatable bonds is 2. The van der Waals surface area contributed by atoms with Crippen molar-refractivity contribution in [1.82, 2.24) is 4.98 Å². The summed E-state index contributed by atoms with van der Waals surface area (Å²) in [6, 6.07) is 3.41. The molecule has 2 rings (SSSR count). The zero-order valence-corrected chi connectivity index (χ0v) is 12.9. The van der Waals surface area contributed by atoms with Crippen LogP contribution >= 0.6 is 15.9 Å². The number of hydrogen-bond acceptors (Lipinski definition) is 4. The monoisotopic (exact) mass is 346 g/mol. The lowest BCUT2D eigenvalue weighted by atomic mass is 10.2. The summed E-state index contributed by atoms with van der Waals surface area (Å²) in [4.78, 5) is 16.2. The van der Waals surface area contributed by atoms with E-state index in [1.54, 1.807) is 19.1 Å². The fourth-order valence-corrected chi connectivity index (χ4v) is 4.09. The van der Waals surface area contributed by atoms with E-state index in [-0.39, 0.29) is 5.75 Å². The number of carbonyl (C=O) groups is 1. The third-order valence-corrected chi connectivity index (χ3v) is 6.16. The van der Waals surface area contributed by atoms with Crippen molar-refractivity contribution >= 4 is 37.5 Å². The summed E-state index contributed by atoms with van der Waals surface area (Å²) >= 11 is 3.32. The molecule has 1 aliphatic rings. The number of anilines is 1. The highest BCUT2D eigenvalue weighted by molar-refractivity contribution is 9.10. The first-order chi connectivity index (χ1) is 8.90. The van der Waals surface area contributed by atoms with E-state index >= 15 is 0 Å². The highest BCUT2D eigenvalue weighted by Crippen LogP contribution is 2.22. The van der Waals surface area contributed by atoms with Crippen LogP contribution in [0.4, 0.5) is 5.82 Å². The van der Waals surface area contributed by atoms with Crippen molar-refractivity contribution < 1.29 is 13.2 Å². The first kappa shape index (κ1) is 14.5. The number of nitrogens with zero attached hydrogens (tertiary/aromatic N) is 1. The number of sulfone groups is 1. The maximum absolute atomic E-state index is 12.0. The largest absolute Gasteiger partial charge is 0.310 e. The minimum Gasteiger partial charge on any atom is -0.310 e. The molecule has 19 heavy (non-hydrogen) atoms. The molecular formula is C12H15BrN2O3S. The lowest BCUT2D eigenvalue weighted by molar-refractivity contribution is -0.116. The Morgan fingerprint density at radius 3 is 2.79 bits per heavy atom. The van der Waals surface area contributed by atoms with Crippen molar-refractivity contribution in [2.75, 3.05) is 11.1 Å². The molecule has 1 unspecified atom stereocenters. The Morgan fingerprint density at radius 2 is 2.16 bits per heavy atom. The maximum Gasteiger partial charge on any atom is 0.243 e. The normalized spacial score (nSPS) is 21.9. The zero-order valence-electron chi connectivity index (χ0n) is 10.5. The highest BCUT2D eigenvalue weighted by atomic mass is 79.9. The number of aromatic nitrogens is 1. The Labute approximate surface area is 120 Å². The summed E-state index contributed by atoms with van der Waals surface area (Å²) < 4.78 is 24.5. The highest BCUT2D eigenvalue weighted by Gasteiger charge is 2.34. The Morgan fingerprint density at radius 1 is 1.42 bits per heavy atom. The van der Waals surface area contributed by atoms with Gasteiger partial charge in [0.15, 0.2) is 9.84 Å². The fourth-order valence-electron chi connectivity index (χ4n) is 2.07. The number of carbonyl (C=O) groups excluding carboxylic acids is 1. The molecule has 1 fully saturated rings. The van der Waals surface area contributed by atoms with Crippen LogP contribution in [0, 0.1) is 6.92 Å². The molecule has 1 atom stereocenters. The molecule has 1 aliphatic heterocycles. The molecule has 1 aromatic rings. The van der Waals surface area contributed by atoms with Crippen LogP contribution in [0.3, 0.4) is 0 Å². The summed E-state index contributed by atoms with van der Waals surface area (Å²) in [5.74, 6) is -0.00174. The number of aryl methyl sites for hydroxylation is 1. The van der Waals surface area contributed by atoms with E-state index in [1.807, 2.05) is 0 Å². The Bertz CT molecular complexity index is 601. The van der Waals surface area contributed by atoms with Crippen LogP contribution in [-0.2, 0) is 14.6 Å². The van der Waals surface area contributed by atoms with Gasteiger partial charge < -0.3 is 5.32 Å². The molecule has 0 radical (unpaired) electrons. The Hall–Kier alpha value is -0.950. The predicted octanol–water partition coefficient (Wildman–Crippen LogP) is 2.06. The van der Waals surface area contributed by atoms with E-state index in [1.165, 1.54) is 0 Å². The van der Waals surface area contributed by atoms with Gasteiger partial charge in [0, 0.05) is 4.47 Å². The van der Waals surface area contributed by atoms with Crippen LogP contribution < -0.4 is 5.32 Å². The summed E-state index contributed by atoms with van der Waals surface area (Å²) in [5, 5.41) is 1.65. The molecule has 0 aromatic carbocycles. The Balaban J connectivity index is 2.14.